The molecular weight excluding hydrogens is 468 g/mol. The van der Waals surface area contributed by atoms with Crippen molar-refractivity contribution in [3.63, 3.8) is 0 Å². The SMILES string of the molecule is C[C@@H](NC(=O)CNC(=O)OC(C)(C)C)C(=O)Nc1ccc(CON2C(=O)c3ccccc3C2=O)cc1. The van der Waals surface area contributed by atoms with E-state index in [1.165, 1.54) is 6.92 Å². The number of hydrogen-bond donors (Lipinski definition) is 3. The maximum absolute atomic E-state index is 12.4. The topological polar surface area (TPSA) is 143 Å². The second-order valence-corrected chi connectivity index (χ2v) is 9.05. The van der Waals surface area contributed by atoms with Gasteiger partial charge < -0.3 is 20.7 Å². The van der Waals surface area contributed by atoms with Crippen LogP contribution in [0.15, 0.2) is 48.5 Å². The van der Waals surface area contributed by atoms with Crippen LogP contribution in [0.2, 0.25) is 0 Å². The molecule has 2 aromatic carbocycles. The van der Waals surface area contributed by atoms with E-state index in [4.69, 9.17) is 9.57 Å². The molecule has 0 aliphatic carbocycles. The smallest absolute Gasteiger partial charge is 0.408 e. The second-order valence-electron chi connectivity index (χ2n) is 9.05. The number of nitrogens with one attached hydrogen (secondary N) is 3. The monoisotopic (exact) mass is 496 g/mol. The van der Waals surface area contributed by atoms with Crippen LogP contribution in [0.5, 0.6) is 0 Å². The highest BCUT2D eigenvalue weighted by Gasteiger charge is 2.36. The largest absolute Gasteiger partial charge is 0.444 e. The van der Waals surface area contributed by atoms with Crippen molar-refractivity contribution in [3.05, 3.63) is 65.2 Å². The molecule has 1 atom stereocenters. The number of imide groups is 1. The van der Waals surface area contributed by atoms with Crippen LogP contribution >= 0.6 is 0 Å². The zero-order valence-corrected chi connectivity index (χ0v) is 20.4. The summed E-state index contributed by atoms with van der Waals surface area (Å²) in [6.45, 7) is 6.24. The van der Waals surface area contributed by atoms with E-state index in [0.717, 1.165) is 5.06 Å². The average molecular weight is 497 g/mol. The van der Waals surface area contributed by atoms with Crippen molar-refractivity contribution >= 4 is 35.4 Å². The number of carbonyl (C=O) groups is 5. The third-order valence-electron chi connectivity index (χ3n) is 4.90. The Kier molecular flexibility index (Phi) is 8.05. The molecule has 0 unspecified atom stereocenters. The fourth-order valence-electron chi connectivity index (χ4n) is 3.18. The average Bonchev–Trinajstić information content (AvgIpc) is 3.06. The molecule has 0 saturated heterocycles. The summed E-state index contributed by atoms with van der Waals surface area (Å²) in [7, 11) is 0. The van der Waals surface area contributed by atoms with Gasteiger partial charge in [0, 0.05) is 5.69 Å². The minimum absolute atomic E-state index is 0.0309. The predicted molar refractivity (Wildman–Crippen MR) is 129 cm³/mol. The number of hydroxylamine groups is 2. The molecule has 0 aromatic heterocycles. The lowest BCUT2D eigenvalue weighted by Gasteiger charge is -2.20. The molecule has 0 saturated carbocycles. The quantitative estimate of drug-likeness (QED) is 0.476. The lowest BCUT2D eigenvalue weighted by atomic mass is 10.1. The zero-order valence-electron chi connectivity index (χ0n) is 20.4. The Morgan fingerprint density at radius 2 is 1.53 bits per heavy atom. The number of alkyl carbamates (subject to hydrolysis) is 1. The second kappa shape index (κ2) is 11.0. The van der Waals surface area contributed by atoms with Gasteiger partial charge in [-0.25, -0.2) is 4.79 Å². The Morgan fingerprint density at radius 3 is 2.08 bits per heavy atom. The number of carbonyl (C=O) groups excluding carboxylic acids is 5. The lowest BCUT2D eigenvalue weighted by molar-refractivity contribution is -0.125. The Labute approximate surface area is 208 Å². The summed E-state index contributed by atoms with van der Waals surface area (Å²) >= 11 is 0. The van der Waals surface area contributed by atoms with E-state index in [0.29, 0.717) is 22.4 Å². The number of fused-ring (bicyclic) bond motifs is 1. The molecule has 5 amide bonds. The number of ether oxygens (including phenoxy) is 1. The third-order valence-corrected chi connectivity index (χ3v) is 4.90. The first kappa shape index (κ1) is 26.4. The van der Waals surface area contributed by atoms with Crippen molar-refractivity contribution in [2.24, 2.45) is 0 Å². The van der Waals surface area contributed by atoms with Crippen LogP contribution in [0.4, 0.5) is 10.5 Å². The van der Waals surface area contributed by atoms with E-state index in [9.17, 15) is 24.0 Å². The van der Waals surface area contributed by atoms with Gasteiger partial charge in [-0.2, -0.15) is 0 Å². The fourth-order valence-corrected chi connectivity index (χ4v) is 3.18. The number of amides is 5. The predicted octanol–water partition coefficient (Wildman–Crippen LogP) is 2.38. The van der Waals surface area contributed by atoms with Crippen LogP contribution in [0.3, 0.4) is 0 Å². The van der Waals surface area contributed by atoms with Crippen LogP contribution in [-0.4, -0.2) is 53.0 Å². The summed E-state index contributed by atoms with van der Waals surface area (Å²) < 4.78 is 5.05. The number of anilines is 1. The van der Waals surface area contributed by atoms with Crippen LogP contribution in [0, 0.1) is 0 Å². The van der Waals surface area contributed by atoms with E-state index in [1.54, 1.807) is 69.3 Å². The highest BCUT2D eigenvalue weighted by Crippen LogP contribution is 2.23. The molecule has 190 valence electrons. The molecular formula is C25H28N4O7. The molecule has 1 aliphatic heterocycles. The molecule has 3 N–H and O–H groups in total. The van der Waals surface area contributed by atoms with Crippen molar-refractivity contribution in [2.75, 3.05) is 11.9 Å². The van der Waals surface area contributed by atoms with E-state index in [-0.39, 0.29) is 13.2 Å². The molecule has 36 heavy (non-hydrogen) atoms. The molecule has 11 heteroatoms. The first-order valence-electron chi connectivity index (χ1n) is 11.2. The molecule has 0 radical (unpaired) electrons. The van der Waals surface area contributed by atoms with E-state index >= 15 is 0 Å². The maximum atomic E-state index is 12.4. The molecule has 2 aromatic rings. The zero-order chi connectivity index (χ0) is 26.5. The number of nitrogens with zero attached hydrogens (tertiary/aromatic N) is 1. The Bertz CT molecular complexity index is 1140. The molecule has 0 fully saturated rings. The Morgan fingerprint density at radius 1 is 0.944 bits per heavy atom. The van der Waals surface area contributed by atoms with Crippen LogP contribution in [0.1, 0.15) is 54.0 Å². The van der Waals surface area contributed by atoms with Crippen molar-refractivity contribution in [3.8, 4) is 0 Å². The summed E-state index contributed by atoms with van der Waals surface area (Å²) in [4.78, 5) is 66.1. The lowest BCUT2D eigenvalue weighted by Crippen LogP contribution is -2.46. The number of rotatable bonds is 8. The van der Waals surface area contributed by atoms with Gasteiger partial charge in [-0.05, 0) is 57.5 Å². The van der Waals surface area contributed by atoms with Gasteiger partial charge in [0.25, 0.3) is 11.8 Å². The molecule has 1 aliphatic rings. The highest BCUT2D eigenvalue weighted by molar-refractivity contribution is 6.20. The molecule has 0 bridgehead atoms. The van der Waals surface area contributed by atoms with Crippen molar-refractivity contribution < 1.29 is 33.5 Å². The normalized spacial score (nSPS) is 13.6. The van der Waals surface area contributed by atoms with Gasteiger partial charge in [0.2, 0.25) is 11.8 Å². The van der Waals surface area contributed by atoms with Crippen LogP contribution in [0.25, 0.3) is 0 Å². The minimum atomic E-state index is -0.866. The van der Waals surface area contributed by atoms with Crippen molar-refractivity contribution in [1.82, 2.24) is 15.7 Å². The van der Waals surface area contributed by atoms with E-state index in [1.807, 2.05) is 0 Å². The van der Waals surface area contributed by atoms with Gasteiger partial charge >= 0.3 is 6.09 Å². The standard InChI is InChI=1S/C25H28N4O7/c1-15(27-20(30)13-26-24(34)36-25(2,3)4)21(31)28-17-11-9-16(10-12-17)14-35-29-22(32)18-7-5-6-8-19(18)23(29)33/h5-12,15H,13-14H2,1-4H3,(H,26,34)(H,27,30)(H,28,31)/t15-/m1/s1. The van der Waals surface area contributed by atoms with E-state index < -0.39 is 41.4 Å². The van der Waals surface area contributed by atoms with Gasteiger partial charge in [0.05, 0.1) is 11.1 Å². The van der Waals surface area contributed by atoms with Crippen LogP contribution < -0.4 is 16.0 Å². The number of hydrogen-bond acceptors (Lipinski definition) is 7. The van der Waals surface area contributed by atoms with Gasteiger partial charge in [-0.15, -0.1) is 5.06 Å². The summed E-state index contributed by atoms with van der Waals surface area (Å²) in [5.41, 5.74) is 1.03. The van der Waals surface area contributed by atoms with Crippen molar-refractivity contribution in [2.45, 2.75) is 45.9 Å². The van der Waals surface area contributed by atoms with E-state index in [2.05, 4.69) is 16.0 Å². The summed E-state index contributed by atoms with van der Waals surface area (Å²) in [5, 5.41) is 8.21. The van der Waals surface area contributed by atoms with Gasteiger partial charge in [0.15, 0.2) is 0 Å². The Balaban J connectivity index is 1.44. The first-order valence-corrected chi connectivity index (χ1v) is 11.2. The first-order chi connectivity index (χ1) is 16.9. The van der Waals surface area contributed by atoms with Crippen molar-refractivity contribution in [1.29, 1.82) is 0 Å². The molecule has 3 rings (SSSR count). The molecule has 1 heterocycles. The highest BCUT2D eigenvalue weighted by atomic mass is 16.7. The van der Waals surface area contributed by atoms with Gasteiger partial charge in [-0.3, -0.25) is 24.0 Å². The number of benzene rings is 2. The summed E-state index contributed by atoms with van der Waals surface area (Å²) in [5.74, 6) is -2.05. The Hall–Kier alpha value is -4.25. The maximum Gasteiger partial charge on any atom is 0.408 e. The summed E-state index contributed by atoms with van der Waals surface area (Å²) in [6.07, 6.45) is -0.734. The minimum Gasteiger partial charge on any atom is -0.444 e. The fraction of sp³-hybridized carbons (Fsp3) is 0.320. The van der Waals surface area contributed by atoms with Gasteiger partial charge in [0.1, 0.15) is 24.8 Å². The molecule has 11 nitrogen and oxygen atoms in total. The molecule has 0 spiro atoms. The summed E-state index contributed by atoms with van der Waals surface area (Å²) in [6, 6.07) is 12.2. The van der Waals surface area contributed by atoms with Gasteiger partial charge in [-0.1, -0.05) is 24.3 Å². The van der Waals surface area contributed by atoms with Crippen LogP contribution in [-0.2, 0) is 25.8 Å². The third kappa shape index (κ3) is 6.89.